The maximum absolute atomic E-state index is 8.44. The zero-order valence-electron chi connectivity index (χ0n) is 20.8. The lowest BCUT2D eigenvalue weighted by molar-refractivity contribution is 0.403. The van der Waals surface area contributed by atoms with Crippen molar-refractivity contribution in [2.75, 3.05) is 0 Å². The Hall–Kier alpha value is -2.42. The summed E-state index contributed by atoms with van der Waals surface area (Å²) in [4.78, 5) is 9.90. The van der Waals surface area contributed by atoms with Crippen molar-refractivity contribution < 1.29 is 4.11 Å². The lowest BCUT2D eigenvalue weighted by atomic mass is 9.82. The number of para-hydroxylation sites is 1. The monoisotopic (exact) mass is 374 g/mol. The van der Waals surface area contributed by atoms with Gasteiger partial charge in [-0.25, -0.2) is 9.97 Å². The molecule has 0 aliphatic heterocycles. The van der Waals surface area contributed by atoms with Gasteiger partial charge < -0.3 is 0 Å². The summed E-state index contributed by atoms with van der Waals surface area (Å²) in [7, 11) is 0. The van der Waals surface area contributed by atoms with Crippen LogP contribution in [0.2, 0.25) is 0 Å². The maximum Gasteiger partial charge on any atom is 0.148 e. The van der Waals surface area contributed by atoms with E-state index in [2.05, 4.69) is 65.0 Å². The zero-order valence-corrected chi connectivity index (χ0v) is 17.8. The lowest BCUT2D eigenvalue weighted by Gasteiger charge is -2.22. The number of imidazole rings is 1. The van der Waals surface area contributed by atoms with Crippen LogP contribution in [0.1, 0.15) is 76.0 Å². The third-order valence-electron chi connectivity index (χ3n) is 6.20. The molecule has 0 spiro atoms. The Kier molecular flexibility index (Phi) is 2.67. The molecular weight excluding hydrogens is 342 g/mol. The van der Waals surface area contributed by atoms with E-state index in [-0.39, 0.29) is 34.4 Å². The van der Waals surface area contributed by atoms with Crippen molar-refractivity contribution in [1.82, 2.24) is 14.4 Å². The average Bonchev–Trinajstić information content (AvgIpc) is 3.09. The van der Waals surface area contributed by atoms with Crippen LogP contribution in [0.3, 0.4) is 0 Å². The molecule has 0 unspecified atom stereocenters. The molecule has 0 N–H and O–H groups in total. The first-order valence-electron chi connectivity index (χ1n) is 11.5. The summed E-state index contributed by atoms with van der Waals surface area (Å²) in [6, 6.07) is 6.08. The van der Waals surface area contributed by atoms with Gasteiger partial charge in [-0.1, -0.05) is 60.6 Å². The summed E-state index contributed by atoms with van der Waals surface area (Å²) in [5, 5.41) is 0.661. The fourth-order valence-corrected chi connectivity index (χ4v) is 5.19. The number of nitrogens with zero attached hydrogens (tertiary/aromatic N) is 3. The van der Waals surface area contributed by atoms with Gasteiger partial charge in [-0.15, -0.1) is 0 Å². The molecule has 0 bridgehead atoms. The summed E-state index contributed by atoms with van der Waals surface area (Å²) in [5.74, 6) is 0.818. The van der Waals surface area contributed by atoms with Crippen LogP contribution in [0.25, 0.3) is 27.6 Å². The molecule has 4 aromatic rings. The summed E-state index contributed by atoms with van der Waals surface area (Å²) in [5.41, 5.74) is 5.67. The van der Waals surface area contributed by atoms with E-state index in [1.807, 2.05) is 0 Å². The Labute approximate surface area is 171 Å². The van der Waals surface area contributed by atoms with Gasteiger partial charge in [0.2, 0.25) is 0 Å². The topological polar surface area (TPSA) is 30.2 Å². The van der Waals surface area contributed by atoms with E-state index >= 15 is 0 Å². The molecule has 144 valence electrons. The third kappa shape index (κ3) is 2.28. The van der Waals surface area contributed by atoms with Crippen molar-refractivity contribution in [3.05, 3.63) is 53.3 Å². The van der Waals surface area contributed by atoms with E-state index in [1.165, 1.54) is 11.1 Å². The van der Waals surface area contributed by atoms with E-state index in [4.69, 9.17) is 14.1 Å². The second kappa shape index (κ2) is 5.14. The minimum atomic E-state index is -0.290. The highest BCUT2D eigenvalue weighted by Crippen LogP contribution is 2.50. The van der Waals surface area contributed by atoms with Crippen molar-refractivity contribution in [2.24, 2.45) is 0 Å². The first kappa shape index (κ1) is 14.6. The minimum absolute atomic E-state index is 0.00711. The van der Waals surface area contributed by atoms with Gasteiger partial charge in [0, 0.05) is 10.8 Å². The predicted octanol–water partition coefficient (Wildman–Crippen LogP) is 6.29. The smallest absolute Gasteiger partial charge is 0.148 e. The van der Waals surface area contributed by atoms with Crippen LogP contribution >= 0.6 is 0 Å². The zero-order chi connectivity index (χ0) is 22.7. The van der Waals surface area contributed by atoms with Crippen molar-refractivity contribution >= 4 is 27.6 Å². The molecule has 0 saturated heterocycles. The molecule has 0 amide bonds. The Morgan fingerprint density at radius 1 is 0.964 bits per heavy atom. The van der Waals surface area contributed by atoms with E-state index < -0.39 is 0 Å². The second-order valence-corrected chi connectivity index (χ2v) is 10.6. The Bertz CT molecular complexity index is 1420. The third-order valence-corrected chi connectivity index (χ3v) is 6.20. The number of aromatic nitrogens is 3. The quantitative estimate of drug-likeness (QED) is 0.362. The van der Waals surface area contributed by atoms with Crippen LogP contribution in [-0.2, 0) is 16.2 Å². The normalized spacial score (nSPS) is 19.8. The number of fused-ring (bicyclic) bond motifs is 6. The second-order valence-electron chi connectivity index (χ2n) is 10.6. The highest BCUT2D eigenvalue weighted by Gasteiger charge is 2.42. The molecule has 5 rings (SSSR count). The van der Waals surface area contributed by atoms with Crippen LogP contribution in [0.4, 0.5) is 0 Å². The van der Waals surface area contributed by atoms with Crippen molar-refractivity contribution in [1.29, 1.82) is 0 Å². The summed E-state index contributed by atoms with van der Waals surface area (Å²) >= 11 is 0. The molecule has 2 aromatic heterocycles. The fourth-order valence-electron chi connectivity index (χ4n) is 5.19. The maximum atomic E-state index is 8.44. The molecule has 1 aliphatic carbocycles. The van der Waals surface area contributed by atoms with Gasteiger partial charge >= 0.3 is 0 Å². The molecule has 0 saturated carbocycles. The summed E-state index contributed by atoms with van der Waals surface area (Å²) in [6.07, 6.45) is 1.09. The first-order valence-corrected chi connectivity index (χ1v) is 10.0. The number of rotatable bonds is 0. The minimum Gasteiger partial charge on any atom is -0.279 e. The van der Waals surface area contributed by atoms with Crippen LogP contribution in [0, 0.1) is 0 Å². The molecule has 2 aromatic carbocycles. The highest BCUT2D eigenvalue weighted by atomic mass is 15.1. The van der Waals surface area contributed by atoms with Crippen LogP contribution in [0.15, 0.2) is 36.3 Å². The number of hydrogen-bond donors (Lipinski definition) is 0. The standard InChI is InChI=1S/C25H29N3/c1-23(2,3)22-27-18-11-9-8-10-15(18)21-26-19-12-16-17(13-20(19)28(21)22)25(6,7)14-24(16,4)5/h8-13H,14H2,1-7H3/i8D,9D,11D. The molecule has 3 nitrogen and oxygen atoms in total. The molecule has 0 atom stereocenters. The highest BCUT2D eigenvalue weighted by molar-refractivity contribution is 5.97. The largest absolute Gasteiger partial charge is 0.279 e. The van der Waals surface area contributed by atoms with Crippen molar-refractivity contribution in [3.63, 3.8) is 0 Å². The SMILES string of the molecule is [2H]c1cc2c(nc(C(C)(C)C)n3c4cc5c(cc4nc23)C(C)(C)CC5(C)C)c([2H])c1[2H]. The number of hydrogen-bond acceptors (Lipinski definition) is 2. The van der Waals surface area contributed by atoms with Crippen molar-refractivity contribution in [3.8, 4) is 0 Å². The predicted molar refractivity (Wildman–Crippen MR) is 117 cm³/mol. The van der Waals surface area contributed by atoms with E-state index in [0.717, 1.165) is 23.3 Å². The van der Waals surface area contributed by atoms with Gasteiger partial charge in [0.15, 0.2) is 0 Å². The Morgan fingerprint density at radius 3 is 2.32 bits per heavy atom. The van der Waals surface area contributed by atoms with E-state index in [0.29, 0.717) is 16.6 Å². The van der Waals surface area contributed by atoms with Crippen LogP contribution < -0.4 is 0 Å². The number of benzene rings is 2. The van der Waals surface area contributed by atoms with E-state index in [1.54, 1.807) is 6.07 Å². The van der Waals surface area contributed by atoms with Gasteiger partial charge in [-0.05, 0) is 52.6 Å². The summed E-state index contributed by atoms with van der Waals surface area (Å²) in [6.45, 7) is 15.5. The van der Waals surface area contributed by atoms with Crippen molar-refractivity contribution in [2.45, 2.75) is 71.1 Å². The summed E-state index contributed by atoms with van der Waals surface area (Å²) < 4.78 is 26.8. The van der Waals surface area contributed by atoms with Gasteiger partial charge in [0.05, 0.1) is 20.7 Å². The van der Waals surface area contributed by atoms with Gasteiger partial charge in [0.1, 0.15) is 11.5 Å². The van der Waals surface area contributed by atoms with Gasteiger partial charge in [0.25, 0.3) is 0 Å². The molecule has 0 radical (unpaired) electrons. The fraction of sp³-hybridized carbons (Fsp3) is 0.440. The average molecular weight is 375 g/mol. The molecule has 28 heavy (non-hydrogen) atoms. The Morgan fingerprint density at radius 2 is 1.64 bits per heavy atom. The van der Waals surface area contributed by atoms with Crippen LogP contribution in [0.5, 0.6) is 0 Å². The first-order chi connectivity index (χ1) is 14.2. The Balaban J connectivity index is 2.03. The lowest BCUT2D eigenvalue weighted by Crippen LogP contribution is -2.19. The molecule has 3 heteroatoms. The van der Waals surface area contributed by atoms with Gasteiger partial charge in [-0.2, -0.15) is 0 Å². The molecule has 2 heterocycles. The van der Waals surface area contributed by atoms with E-state index in [9.17, 15) is 0 Å². The molecular formula is C25H29N3. The molecule has 1 aliphatic rings. The molecule has 0 fully saturated rings. The van der Waals surface area contributed by atoms with Gasteiger partial charge in [-0.3, -0.25) is 4.40 Å². The van der Waals surface area contributed by atoms with Crippen LogP contribution in [-0.4, -0.2) is 14.4 Å².